The Bertz CT molecular complexity index is 553. The van der Waals surface area contributed by atoms with Crippen LogP contribution in [0.15, 0.2) is 17.0 Å². The molecule has 8 heteroatoms. The van der Waals surface area contributed by atoms with E-state index in [-0.39, 0.29) is 9.92 Å². The quantitative estimate of drug-likeness (QED) is 0.712. The van der Waals surface area contributed by atoms with Crippen molar-refractivity contribution in [2.24, 2.45) is 0 Å². The van der Waals surface area contributed by atoms with Crippen LogP contribution in [0.25, 0.3) is 0 Å². The summed E-state index contributed by atoms with van der Waals surface area (Å²) in [4.78, 5) is -0.103. The Morgan fingerprint density at radius 3 is 2.70 bits per heavy atom. The van der Waals surface area contributed by atoms with E-state index >= 15 is 0 Å². The fourth-order valence-corrected chi connectivity index (χ4v) is 3.34. The average molecular weight is 341 g/mol. The van der Waals surface area contributed by atoms with Gasteiger partial charge in [-0.1, -0.05) is 11.6 Å². The number of hydrogen-bond donors (Lipinski definition) is 2. The number of sulfonamides is 1. The summed E-state index contributed by atoms with van der Waals surface area (Å²) >= 11 is 7.45. The highest BCUT2D eigenvalue weighted by Gasteiger charge is 2.18. The topological polar surface area (TPSA) is 58.2 Å². The van der Waals surface area contributed by atoms with E-state index in [1.807, 2.05) is 6.26 Å². The highest BCUT2D eigenvalue weighted by atomic mass is 35.5. The first kappa shape index (κ1) is 17.7. The summed E-state index contributed by atoms with van der Waals surface area (Å²) < 4.78 is 40.3. The molecule has 0 aromatic heterocycles. The third-order valence-electron chi connectivity index (χ3n) is 2.57. The highest BCUT2D eigenvalue weighted by molar-refractivity contribution is 7.98. The molecular formula is C12H18ClFN2O2S2. The van der Waals surface area contributed by atoms with Crippen LogP contribution in [0, 0.1) is 5.82 Å². The van der Waals surface area contributed by atoms with Gasteiger partial charge in [-0.3, -0.25) is 0 Å². The molecule has 2 N–H and O–H groups in total. The first-order valence-electron chi connectivity index (χ1n) is 6.03. The van der Waals surface area contributed by atoms with Crippen LogP contribution in [0.2, 0.25) is 5.02 Å². The summed E-state index contributed by atoms with van der Waals surface area (Å²) in [5.41, 5.74) is 0.415. The Labute approximate surface area is 128 Å². The molecule has 0 heterocycles. The van der Waals surface area contributed by atoms with Crippen molar-refractivity contribution in [2.45, 2.75) is 17.9 Å². The fourth-order valence-electron chi connectivity index (χ4n) is 1.60. The summed E-state index contributed by atoms with van der Waals surface area (Å²) in [6.45, 7) is 0.625. The summed E-state index contributed by atoms with van der Waals surface area (Å²) in [6, 6.07) is 2.33. The SMILES string of the molecule is CNCc1cc(S(=O)(=O)NCCCSC)cc(F)c1Cl. The van der Waals surface area contributed by atoms with E-state index in [9.17, 15) is 12.8 Å². The van der Waals surface area contributed by atoms with Gasteiger partial charge in [0.15, 0.2) is 0 Å². The predicted molar refractivity (Wildman–Crippen MR) is 82.4 cm³/mol. The first-order chi connectivity index (χ1) is 9.42. The van der Waals surface area contributed by atoms with Gasteiger partial charge in [0.2, 0.25) is 10.0 Å². The molecule has 0 aliphatic heterocycles. The van der Waals surface area contributed by atoms with Gasteiger partial charge in [0.05, 0.1) is 9.92 Å². The van der Waals surface area contributed by atoms with Crippen LogP contribution in [0.5, 0.6) is 0 Å². The van der Waals surface area contributed by atoms with Crippen LogP contribution in [0.3, 0.4) is 0 Å². The van der Waals surface area contributed by atoms with Crippen LogP contribution in [-0.4, -0.2) is 34.0 Å². The Morgan fingerprint density at radius 2 is 2.10 bits per heavy atom. The molecule has 0 spiro atoms. The van der Waals surface area contributed by atoms with E-state index in [0.717, 1.165) is 18.2 Å². The van der Waals surface area contributed by atoms with Gasteiger partial charge in [-0.25, -0.2) is 17.5 Å². The number of rotatable bonds is 8. The fraction of sp³-hybridized carbons (Fsp3) is 0.500. The first-order valence-corrected chi connectivity index (χ1v) is 9.29. The van der Waals surface area contributed by atoms with Crippen LogP contribution in [-0.2, 0) is 16.6 Å². The van der Waals surface area contributed by atoms with Gasteiger partial charge in [-0.15, -0.1) is 0 Å². The van der Waals surface area contributed by atoms with Gasteiger partial charge in [0, 0.05) is 13.1 Å². The molecule has 0 fully saturated rings. The Kier molecular flexibility index (Phi) is 7.25. The zero-order chi connectivity index (χ0) is 15.2. The maximum absolute atomic E-state index is 13.7. The van der Waals surface area contributed by atoms with Crippen LogP contribution in [0.1, 0.15) is 12.0 Å². The number of benzene rings is 1. The van der Waals surface area contributed by atoms with Crippen molar-refractivity contribution in [1.29, 1.82) is 0 Å². The Balaban J connectivity index is 2.94. The third-order valence-corrected chi connectivity index (χ3v) is 5.13. The summed E-state index contributed by atoms with van der Waals surface area (Å²) in [5.74, 6) is 0.131. The molecular weight excluding hydrogens is 323 g/mol. The summed E-state index contributed by atoms with van der Waals surface area (Å²) in [7, 11) is -2.03. The normalized spacial score (nSPS) is 11.8. The third kappa shape index (κ3) is 4.89. The van der Waals surface area contributed by atoms with Gasteiger partial charge in [-0.2, -0.15) is 11.8 Å². The van der Waals surface area contributed by atoms with Crippen molar-refractivity contribution in [3.63, 3.8) is 0 Å². The minimum Gasteiger partial charge on any atom is -0.316 e. The number of thioether (sulfide) groups is 1. The molecule has 0 bridgehead atoms. The van der Waals surface area contributed by atoms with Crippen molar-refractivity contribution in [3.8, 4) is 0 Å². The van der Waals surface area contributed by atoms with E-state index in [0.29, 0.717) is 18.7 Å². The second-order valence-corrected chi connectivity index (χ2v) is 7.28. The maximum Gasteiger partial charge on any atom is 0.240 e. The molecule has 0 saturated carbocycles. The minimum absolute atomic E-state index is 0.0549. The van der Waals surface area contributed by atoms with Crippen molar-refractivity contribution in [3.05, 3.63) is 28.5 Å². The summed E-state index contributed by atoms with van der Waals surface area (Å²) in [5, 5.41) is 2.77. The Hall–Kier alpha value is -0.340. The summed E-state index contributed by atoms with van der Waals surface area (Å²) in [6.07, 6.45) is 2.67. The molecule has 20 heavy (non-hydrogen) atoms. The number of hydrogen-bond acceptors (Lipinski definition) is 4. The monoisotopic (exact) mass is 340 g/mol. The van der Waals surface area contributed by atoms with E-state index < -0.39 is 15.8 Å². The number of halogens is 2. The highest BCUT2D eigenvalue weighted by Crippen LogP contribution is 2.24. The minimum atomic E-state index is -3.71. The molecule has 0 atom stereocenters. The predicted octanol–water partition coefficient (Wildman–Crippen LogP) is 2.23. The van der Waals surface area contributed by atoms with E-state index in [4.69, 9.17) is 11.6 Å². The van der Waals surface area contributed by atoms with Crippen molar-refractivity contribution >= 4 is 33.4 Å². The van der Waals surface area contributed by atoms with Gasteiger partial charge < -0.3 is 5.32 Å². The van der Waals surface area contributed by atoms with E-state index in [1.165, 1.54) is 6.07 Å². The molecule has 0 amide bonds. The zero-order valence-corrected chi connectivity index (χ0v) is 13.8. The molecule has 0 aliphatic rings. The Morgan fingerprint density at radius 1 is 1.40 bits per heavy atom. The molecule has 114 valence electrons. The maximum atomic E-state index is 13.7. The molecule has 0 unspecified atom stereocenters. The van der Waals surface area contributed by atoms with Crippen LogP contribution in [0.4, 0.5) is 4.39 Å². The molecule has 1 aromatic carbocycles. The lowest BCUT2D eigenvalue weighted by molar-refractivity contribution is 0.576. The van der Waals surface area contributed by atoms with E-state index in [2.05, 4.69) is 10.0 Å². The molecule has 0 saturated heterocycles. The molecule has 1 aromatic rings. The second-order valence-electron chi connectivity index (χ2n) is 4.15. The standard InChI is InChI=1S/C12H18ClFN2O2S2/c1-15-8-9-6-10(7-11(14)12(9)13)20(17,18)16-4-3-5-19-2/h6-7,15-16H,3-5,8H2,1-2H3. The average Bonchev–Trinajstić information content (AvgIpc) is 2.40. The van der Waals surface area contributed by atoms with Crippen LogP contribution >= 0.6 is 23.4 Å². The van der Waals surface area contributed by atoms with Gasteiger partial charge in [0.1, 0.15) is 5.82 Å². The molecule has 1 rings (SSSR count). The lowest BCUT2D eigenvalue weighted by atomic mass is 10.2. The van der Waals surface area contributed by atoms with Crippen molar-refractivity contribution < 1.29 is 12.8 Å². The lowest BCUT2D eigenvalue weighted by Crippen LogP contribution is -2.25. The molecule has 0 aliphatic carbocycles. The largest absolute Gasteiger partial charge is 0.316 e. The van der Waals surface area contributed by atoms with Gasteiger partial charge in [-0.05, 0) is 43.2 Å². The smallest absolute Gasteiger partial charge is 0.240 e. The number of nitrogens with one attached hydrogen (secondary N) is 2. The van der Waals surface area contributed by atoms with Crippen molar-refractivity contribution in [1.82, 2.24) is 10.0 Å². The zero-order valence-electron chi connectivity index (χ0n) is 11.4. The van der Waals surface area contributed by atoms with E-state index in [1.54, 1.807) is 18.8 Å². The van der Waals surface area contributed by atoms with Gasteiger partial charge in [0.25, 0.3) is 0 Å². The van der Waals surface area contributed by atoms with Crippen LogP contribution < -0.4 is 10.0 Å². The van der Waals surface area contributed by atoms with Gasteiger partial charge >= 0.3 is 0 Å². The molecule has 0 radical (unpaired) electrons. The van der Waals surface area contributed by atoms with Crippen molar-refractivity contribution in [2.75, 3.05) is 25.6 Å². The molecule has 4 nitrogen and oxygen atoms in total. The second kappa shape index (κ2) is 8.19. The lowest BCUT2D eigenvalue weighted by Gasteiger charge is -2.10.